The zero-order chi connectivity index (χ0) is 12.1. The van der Waals surface area contributed by atoms with Crippen molar-refractivity contribution in [3.05, 3.63) is 0 Å². The first-order chi connectivity index (χ1) is 7.49. The first-order valence-electron chi connectivity index (χ1n) is 6.50. The molecule has 1 unspecified atom stereocenters. The van der Waals surface area contributed by atoms with Gasteiger partial charge in [0.15, 0.2) is 0 Å². The number of carbonyl (C=O) groups is 1. The fourth-order valence-corrected chi connectivity index (χ4v) is 1.89. The number of rotatable bonds is 4. The Morgan fingerprint density at radius 1 is 1.31 bits per heavy atom. The van der Waals surface area contributed by atoms with Gasteiger partial charge in [0, 0.05) is 6.04 Å². The van der Waals surface area contributed by atoms with E-state index >= 15 is 0 Å². The SMILES string of the molecule is CC1CCN(CC(=O)NC(C)C(C)C)CC1. The molecule has 1 heterocycles. The minimum absolute atomic E-state index is 0.177. The molecule has 1 fully saturated rings. The van der Waals surface area contributed by atoms with Gasteiger partial charge in [-0.05, 0) is 44.7 Å². The van der Waals surface area contributed by atoms with Gasteiger partial charge in [0.1, 0.15) is 0 Å². The Bertz CT molecular complexity index is 220. The van der Waals surface area contributed by atoms with E-state index in [9.17, 15) is 4.79 Å². The Morgan fingerprint density at radius 3 is 2.38 bits per heavy atom. The molecule has 0 aliphatic carbocycles. The Balaban J connectivity index is 2.24. The van der Waals surface area contributed by atoms with Crippen molar-refractivity contribution in [2.75, 3.05) is 19.6 Å². The van der Waals surface area contributed by atoms with E-state index in [2.05, 4.69) is 37.9 Å². The lowest BCUT2D eigenvalue weighted by Gasteiger charge is -2.30. The largest absolute Gasteiger partial charge is 0.352 e. The lowest BCUT2D eigenvalue weighted by molar-refractivity contribution is -0.123. The molecule has 1 aliphatic rings. The summed E-state index contributed by atoms with van der Waals surface area (Å²) in [6, 6.07) is 0.274. The van der Waals surface area contributed by atoms with Crippen LogP contribution in [0.15, 0.2) is 0 Å². The number of nitrogens with zero attached hydrogens (tertiary/aromatic N) is 1. The van der Waals surface area contributed by atoms with E-state index in [0.717, 1.165) is 19.0 Å². The fourth-order valence-electron chi connectivity index (χ4n) is 1.89. The summed E-state index contributed by atoms with van der Waals surface area (Å²) >= 11 is 0. The molecular weight excluding hydrogens is 200 g/mol. The highest BCUT2D eigenvalue weighted by Gasteiger charge is 2.19. The second-order valence-electron chi connectivity index (χ2n) is 5.56. The van der Waals surface area contributed by atoms with Crippen LogP contribution in [0.3, 0.4) is 0 Å². The second kappa shape index (κ2) is 6.24. The summed E-state index contributed by atoms with van der Waals surface area (Å²) in [5, 5.41) is 3.06. The molecule has 0 aromatic rings. The lowest BCUT2D eigenvalue weighted by Crippen LogP contribution is -2.44. The normalized spacial score (nSPS) is 21.1. The van der Waals surface area contributed by atoms with E-state index in [4.69, 9.17) is 0 Å². The maximum atomic E-state index is 11.8. The topological polar surface area (TPSA) is 32.3 Å². The number of nitrogens with one attached hydrogen (secondary N) is 1. The van der Waals surface area contributed by atoms with Gasteiger partial charge in [-0.2, -0.15) is 0 Å². The van der Waals surface area contributed by atoms with Gasteiger partial charge in [-0.3, -0.25) is 9.69 Å². The quantitative estimate of drug-likeness (QED) is 0.794. The van der Waals surface area contributed by atoms with E-state index in [-0.39, 0.29) is 11.9 Å². The molecule has 0 bridgehead atoms. The van der Waals surface area contributed by atoms with Crippen molar-refractivity contribution in [2.24, 2.45) is 11.8 Å². The van der Waals surface area contributed by atoms with E-state index < -0.39 is 0 Å². The van der Waals surface area contributed by atoms with Crippen molar-refractivity contribution < 1.29 is 4.79 Å². The Morgan fingerprint density at radius 2 is 1.88 bits per heavy atom. The molecule has 3 heteroatoms. The zero-order valence-corrected chi connectivity index (χ0v) is 11.1. The van der Waals surface area contributed by atoms with Gasteiger partial charge in [0.2, 0.25) is 5.91 Å². The van der Waals surface area contributed by atoms with Crippen LogP contribution in [-0.2, 0) is 4.79 Å². The number of piperidine rings is 1. The van der Waals surface area contributed by atoms with Crippen molar-refractivity contribution in [1.82, 2.24) is 10.2 Å². The first kappa shape index (κ1) is 13.5. The van der Waals surface area contributed by atoms with Crippen LogP contribution >= 0.6 is 0 Å². The molecule has 1 rings (SSSR count). The van der Waals surface area contributed by atoms with Gasteiger partial charge in [-0.1, -0.05) is 20.8 Å². The molecule has 1 amide bonds. The monoisotopic (exact) mass is 226 g/mol. The third-order valence-corrected chi connectivity index (χ3v) is 3.63. The predicted molar refractivity (Wildman–Crippen MR) is 67.3 cm³/mol. The third-order valence-electron chi connectivity index (χ3n) is 3.63. The van der Waals surface area contributed by atoms with Crippen LogP contribution in [0, 0.1) is 11.8 Å². The molecule has 0 aromatic carbocycles. The zero-order valence-electron chi connectivity index (χ0n) is 11.1. The molecular formula is C13H26N2O. The standard InChI is InChI=1S/C13H26N2O/c1-10(2)12(4)14-13(16)9-15-7-5-11(3)6-8-15/h10-12H,5-9H2,1-4H3,(H,14,16). The van der Waals surface area contributed by atoms with Crippen LogP contribution < -0.4 is 5.32 Å². The van der Waals surface area contributed by atoms with Crippen molar-refractivity contribution in [3.63, 3.8) is 0 Å². The summed E-state index contributed by atoms with van der Waals surface area (Å²) in [4.78, 5) is 14.0. The third kappa shape index (κ3) is 4.52. The van der Waals surface area contributed by atoms with E-state index in [1.807, 2.05) is 0 Å². The summed E-state index contributed by atoms with van der Waals surface area (Å²) in [5.41, 5.74) is 0. The lowest BCUT2D eigenvalue weighted by atomic mass is 9.99. The van der Waals surface area contributed by atoms with Gasteiger partial charge < -0.3 is 5.32 Å². The molecule has 1 saturated heterocycles. The van der Waals surface area contributed by atoms with Crippen LogP contribution in [0.5, 0.6) is 0 Å². The summed E-state index contributed by atoms with van der Waals surface area (Å²) in [6.07, 6.45) is 2.46. The predicted octanol–water partition coefficient (Wildman–Crippen LogP) is 1.88. The number of amides is 1. The van der Waals surface area contributed by atoms with Gasteiger partial charge in [0.25, 0.3) is 0 Å². The summed E-state index contributed by atoms with van der Waals surface area (Å²) in [5.74, 6) is 1.51. The van der Waals surface area contributed by atoms with Crippen LogP contribution in [0.1, 0.15) is 40.5 Å². The molecule has 1 N–H and O–H groups in total. The maximum Gasteiger partial charge on any atom is 0.234 e. The van der Waals surface area contributed by atoms with Gasteiger partial charge >= 0.3 is 0 Å². The van der Waals surface area contributed by atoms with E-state index in [1.54, 1.807) is 0 Å². The Labute approximate surface area is 99.6 Å². The second-order valence-corrected chi connectivity index (χ2v) is 5.56. The average Bonchev–Trinajstić information content (AvgIpc) is 2.21. The minimum Gasteiger partial charge on any atom is -0.352 e. The van der Waals surface area contributed by atoms with Crippen molar-refractivity contribution in [3.8, 4) is 0 Å². The summed E-state index contributed by atoms with van der Waals surface area (Å²) in [6.45, 7) is 11.3. The van der Waals surface area contributed by atoms with Crippen molar-refractivity contribution in [2.45, 2.75) is 46.6 Å². The molecule has 3 nitrogen and oxygen atoms in total. The van der Waals surface area contributed by atoms with Crippen molar-refractivity contribution in [1.29, 1.82) is 0 Å². The molecule has 1 atom stereocenters. The molecule has 0 aromatic heterocycles. The van der Waals surface area contributed by atoms with Gasteiger partial charge in [0.05, 0.1) is 6.54 Å². The Hall–Kier alpha value is -0.570. The molecule has 0 radical (unpaired) electrons. The van der Waals surface area contributed by atoms with E-state index in [0.29, 0.717) is 12.5 Å². The van der Waals surface area contributed by atoms with Crippen molar-refractivity contribution >= 4 is 5.91 Å². The average molecular weight is 226 g/mol. The van der Waals surface area contributed by atoms with Gasteiger partial charge in [-0.25, -0.2) is 0 Å². The molecule has 1 aliphatic heterocycles. The smallest absolute Gasteiger partial charge is 0.234 e. The summed E-state index contributed by atoms with van der Waals surface area (Å²) < 4.78 is 0. The summed E-state index contributed by atoms with van der Waals surface area (Å²) in [7, 11) is 0. The van der Waals surface area contributed by atoms with Gasteiger partial charge in [-0.15, -0.1) is 0 Å². The number of hydrogen-bond donors (Lipinski definition) is 1. The highest BCUT2D eigenvalue weighted by Crippen LogP contribution is 2.15. The highest BCUT2D eigenvalue weighted by molar-refractivity contribution is 5.78. The van der Waals surface area contributed by atoms with Crippen LogP contribution in [0.2, 0.25) is 0 Å². The first-order valence-corrected chi connectivity index (χ1v) is 6.50. The molecule has 0 spiro atoms. The number of likely N-dealkylation sites (tertiary alicyclic amines) is 1. The minimum atomic E-state index is 0.177. The highest BCUT2D eigenvalue weighted by atomic mass is 16.2. The van der Waals surface area contributed by atoms with Crippen LogP contribution in [0.25, 0.3) is 0 Å². The van der Waals surface area contributed by atoms with Crippen LogP contribution in [0.4, 0.5) is 0 Å². The maximum absolute atomic E-state index is 11.8. The van der Waals surface area contributed by atoms with E-state index in [1.165, 1.54) is 12.8 Å². The fraction of sp³-hybridized carbons (Fsp3) is 0.923. The van der Waals surface area contributed by atoms with Crippen LogP contribution in [-0.4, -0.2) is 36.5 Å². The molecule has 94 valence electrons. The molecule has 16 heavy (non-hydrogen) atoms. The number of hydrogen-bond acceptors (Lipinski definition) is 2. The Kier molecular flexibility index (Phi) is 5.26. The molecule has 0 saturated carbocycles. The number of carbonyl (C=O) groups excluding carboxylic acids is 1.